The van der Waals surface area contributed by atoms with Gasteiger partial charge in [0, 0.05) is 12.2 Å². The molecule has 0 aliphatic carbocycles. The molecule has 35 heavy (non-hydrogen) atoms. The van der Waals surface area contributed by atoms with E-state index in [1.807, 2.05) is 0 Å². The Kier molecular flexibility index (Phi) is 7.62. The van der Waals surface area contributed by atoms with E-state index >= 15 is 0 Å². The van der Waals surface area contributed by atoms with Crippen LogP contribution in [-0.2, 0) is 29.1 Å². The molecule has 4 rings (SSSR count). The quantitative estimate of drug-likeness (QED) is 0.373. The van der Waals surface area contributed by atoms with E-state index in [9.17, 15) is 18.0 Å². The van der Waals surface area contributed by atoms with E-state index in [1.165, 1.54) is 19.1 Å². The zero-order valence-electron chi connectivity index (χ0n) is 20.3. The number of nitrogens with zero attached hydrogens (tertiary/aromatic N) is 2. The number of ether oxygens (including phenoxy) is 2. The number of sulfonamides is 1. The van der Waals surface area contributed by atoms with E-state index in [2.05, 4.69) is 28.3 Å². The highest BCUT2D eigenvalue weighted by atomic mass is 32.2. The molecule has 3 heterocycles. The number of esters is 1. The topological polar surface area (TPSA) is 126 Å². The Balaban J connectivity index is 1.53. The molecule has 1 aromatic rings. The Morgan fingerprint density at radius 3 is 2.74 bits per heavy atom. The number of methoxy groups -OCH3 is 1. The molecule has 3 aliphatic rings. The molecule has 2 N–H and O–H groups in total. The van der Waals surface area contributed by atoms with Crippen LogP contribution in [0.5, 0.6) is 0 Å². The molecule has 0 spiro atoms. The molecule has 4 unspecified atom stereocenters. The summed E-state index contributed by atoms with van der Waals surface area (Å²) in [6.07, 6.45) is 3.19. The number of aliphatic imine (C=N–C) groups is 1. The first-order valence-electron chi connectivity index (χ1n) is 11.7. The number of carbonyl (C=O) groups is 2. The molecule has 2 saturated heterocycles. The first-order chi connectivity index (χ1) is 16.6. The van der Waals surface area contributed by atoms with Gasteiger partial charge in [0.1, 0.15) is 11.8 Å². The van der Waals surface area contributed by atoms with Crippen molar-refractivity contribution in [3.63, 3.8) is 0 Å². The van der Waals surface area contributed by atoms with E-state index in [1.54, 1.807) is 23.1 Å². The molecule has 3 aliphatic heterocycles. The molecule has 12 heteroatoms. The summed E-state index contributed by atoms with van der Waals surface area (Å²) < 4.78 is 39.7. The van der Waals surface area contributed by atoms with Gasteiger partial charge in [-0.1, -0.05) is 13.8 Å². The number of hydrogen-bond acceptors (Lipinski definition) is 9. The van der Waals surface area contributed by atoms with Crippen LogP contribution in [-0.4, -0.2) is 69.2 Å². The Morgan fingerprint density at radius 2 is 2.06 bits per heavy atom. The van der Waals surface area contributed by atoms with Crippen LogP contribution in [0, 0.1) is 11.8 Å². The number of anilines is 1. The second-order valence-electron chi connectivity index (χ2n) is 9.60. The lowest BCUT2D eigenvalue weighted by molar-refractivity contribution is -0.150. The molecular weight excluding hydrogens is 492 g/mol. The lowest BCUT2D eigenvalue weighted by atomic mass is 9.83. The zero-order chi connectivity index (χ0) is 25.3. The van der Waals surface area contributed by atoms with Gasteiger partial charge in [-0.15, -0.1) is 0 Å². The monoisotopic (exact) mass is 524 g/mol. The van der Waals surface area contributed by atoms with Gasteiger partial charge in [-0.05, 0) is 55.3 Å². The summed E-state index contributed by atoms with van der Waals surface area (Å²) in [6.45, 7) is 4.73. The van der Waals surface area contributed by atoms with Gasteiger partial charge in [0.05, 0.1) is 48.6 Å². The SMILES string of the molecule is COC(=O)C1C2CCC(O2)C1N(CCC(C)C)C(=O)CC1=Nc2ccc(NS(C)(=O)=O)cc2SN1. The summed E-state index contributed by atoms with van der Waals surface area (Å²) in [5.74, 6) is -0.0349. The maximum absolute atomic E-state index is 13.6. The van der Waals surface area contributed by atoms with Crippen LogP contribution < -0.4 is 9.44 Å². The third-order valence-corrected chi connectivity index (χ3v) is 7.94. The van der Waals surface area contributed by atoms with Crippen LogP contribution in [0.3, 0.4) is 0 Å². The zero-order valence-corrected chi connectivity index (χ0v) is 21.9. The normalized spacial score (nSPS) is 25.0. The Bertz CT molecular complexity index is 1120. The van der Waals surface area contributed by atoms with E-state index in [0.717, 1.165) is 30.4 Å². The minimum Gasteiger partial charge on any atom is -0.469 e. The van der Waals surface area contributed by atoms with E-state index < -0.39 is 15.9 Å². The van der Waals surface area contributed by atoms with E-state index in [4.69, 9.17) is 9.47 Å². The number of amides is 1. The van der Waals surface area contributed by atoms with Gasteiger partial charge in [0.25, 0.3) is 0 Å². The second kappa shape index (κ2) is 10.4. The van der Waals surface area contributed by atoms with E-state index in [-0.39, 0.29) is 36.5 Å². The lowest BCUT2D eigenvalue weighted by Crippen LogP contribution is -2.53. The minimum absolute atomic E-state index is 0.0512. The summed E-state index contributed by atoms with van der Waals surface area (Å²) in [4.78, 5) is 33.3. The number of carbonyl (C=O) groups excluding carboxylic acids is 2. The van der Waals surface area contributed by atoms with Gasteiger partial charge < -0.3 is 19.1 Å². The molecule has 1 amide bonds. The minimum atomic E-state index is -3.39. The highest BCUT2D eigenvalue weighted by Crippen LogP contribution is 2.43. The van der Waals surface area contributed by atoms with Crippen LogP contribution in [0.4, 0.5) is 11.4 Å². The van der Waals surface area contributed by atoms with Gasteiger partial charge in [-0.2, -0.15) is 0 Å². The van der Waals surface area contributed by atoms with Crippen LogP contribution in [0.15, 0.2) is 28.1 Å². The molecule has 0 aromatic heterocycles. The van der Waals surface area contributed by atoms with Crippen LogP contribution in [0.2, 0.25) is 0 Å². The number of fused-ring (bicyclic) bond motifs is 3. The maximum atomic E-state index is 13.6. The first kappa shape index (κ1) is 25.8. The summed E-state index contributed by atoms with van der Waals surface area (Å²) >= 11 is 1.28. The largest absolute Gasteiger partial charge is 0.469 e. The standard InChI is InChI=1S/C23H32N4O6S2/c1-13(2)9-10-27(22-17-8-7-16(33-17)21(22)23(29)32-3)20(28)12-19-24-15-6-5-14(26-35(4,30)31)11-18(15)34-25-19/h5-6,11,13,16-17,21-22,26H,7-10,12H2,1-4H3,(H,24,25). The van der Waals surface area contributed by atoms with Crippen molar-refractivity contribution in [3.05, 3.63) is 18.2 Å². The number of nitrogens with one attached hydrogen (secondary N) is 2. The second-order valence-corrected chi connectivity index (χ2v) is 12.2. The molecule has 2 bridgehead atoms. The number of benzene rings is 1. The fourth-order valence-electron chi connectivity index (χ4n) is 4.88. The highest BCUT2D eigenvalue weighted by Gasteiger charge is 2.56. The van der Waals surface area contributed by atoms with Crippen molar-refractivity contribution < 1.29 is 27.5 Å². The summed E-state index contributed by atoms with van der Waals surface area (Å²) in [7, 11) is -2.01. The Labute approximate surface area is 210 Å². The molecule has 0 radical (unpaired) electrons. The first-order valence-corrected chi connectivity index (χ1v) is 14.4. The van der Waals surface area contributed by atoms with Crippen molar-refractivity contribution in [2.75, 3.05) is 24.6 Å². The molecule has 0 saturated carbocycles. The highest BCUT2D eigenvalue weighted by molar-refractivity contribution is 7.98. The van der Waals surface area contributed by atoms with Gasteiger partial charge in [0.15, 0.2) is 0 Å². The van der Waals surface area contributed by atoms with E-state index in [0.29, 0.717) is 29.7 Å². The molecular formula is C23H32N4O6S2. The third kappa shape index (κ3) is 5.92. The summed E-state index contributed by atoms with van der Waals surface area (Å²) in [5, 5.41) is 0. The van der Waals surface area contributed by atoms with Crippen LogP contribution >= 0.6 is 11.9 Å². The summed E-state index contributed by atoms with van der Waals surface area (Å²) in [5.41, 5.74) is 1.10. The van der Waals surface area contributed by atoms with Crippen molar-refractivity contribution >= 4 is 51.1 Å². The number of amidine groups is 1. The average Bonchev–Trinajstić information content (AvgIpc) is 3.39. The van der Waals surface area contributed by atoms with Crippen molar-refractivity contribution in [1.29, 1.82) is 0 Å². The van der Waals surface area contributed by atoms with Crippen molar-refractivity contribution in [2.24, 2.45) is 16.8 Å². The molecule has 10 nitrogen and oxygen atoms in total. The van der Waals surface area contributed by atoms with Crippen LogP contribution in [0.25, 0.3) is 0 Å². The van der Waals surface area contributed by atoms with Gasteiger partial charge in [-0.25, -0.2) is 13.4 Å². The fourth-order valence-corrected chi connectivity index (χ4v) is 6.19. The number of hydrogen-bond donors (Lipinski definition) is 2. The van der Waals surface area contributed by atoms with Gasteiger partial charge >= 0.3 is 5.97 Å². The lowest BCUT2D eigenvalue weighted by Gasteiger charge is -2.37. The number of rotatable bonds is 9. The molecule has 4 atom stereocenters. The fraction of sp³-hybridized carbons (Fsp3) is 0.609. The van der Waals surface area contributed by atoms with Gasteiger partial charge in [-0.3, -0.25) is 14.3 Å². The smallest absolute Gasteiger partial charge is 0.313 e. The van der Waals surface area contributed by atoms with Crippen LogP contribution in [0.1, 0.15) is 39.5 Å². The van der Waals surface area contributed by atoms with Crippen molar-refractivity contribution in [1.82, 2.24) is 9.62 Å². The predicted octanol–water partition coefficient (Wildman–Crippen LogP) is 2.68. The van der Waals surface area contributed by atoms with Crippen molar-refractivity contribution in [3.8, 4) is 0 Å². The molecule has 2 fully saturated rings. The Morgan fingerprint density at radius 1 is 1.31 bits per heavy atom. The maximum Gasteiger partial charge on any atom is 0.313 e. The Hall–Kier alpha value is -2.31. The third-order valence-electron chi connectivity index (χ3n) is 6.45. The average molecular weight is 525 g/mol. The molecule has 1 aromatic carbocycles. The predicted molar refractivity (Wildman–Crippen MR) is 134 cm³/mol. The van der Waals surface area contributed by atoms with Crippen molar-refractivity contribution in [2.45, 2.75) is 62.7 Å². The summed E-state index contributed by atoms with van der Waals surface area (Å²) in [6, 6.07) is 4.70. The molecule has 192 valence electrons. The van der Waals surface area contributed by atoms with Gasteiger partial charge in [0.2, 0.25) is 15.9 Å².